The SMILES string of the molecule is CC(=O)OC1CN(c2cc(C)c3c(=O)c(C(=O)O)cn(-c4nccs4)c3n2)C1. The van der Waals surface area contributed by atoms with Crippen molar-refractivity contribution in [3.8, 4) is 5.13 Å². The van der Waals surface area contributed by atoms with Gasteiger partial charge in [0.25, 0.3) is 0 Å². The third-order valence-electron chi connectivity index (χ3n) is 4.50. The zero-order valence-electron chi connectivity index (χ0n) is 15.1. The lowest BCUT2D eigenvalue weighted by Crippen LogP contribution is -2.53. The lowest BCUT2D eigenvalue weighted by Gasteiger charge is -2.39. The summed E-state index contributed by atoms with van der Waals surface area (Å²) in [4.78, 5) is 46.1. The molecule has 0 radical (unpaired) electrons. The van der Waals surface area contributed by atoms with Gasteiger partial charge in [0.1, 0.15) is 17.5 Å². The number of hydrogen-bond acceptors (Lipinski definition) is 8. The number of carboxylic acid groups (broad SMARTS) is 1. The van der Waals surface area contributed by atoms with Gasteiger partial charge in [-0.25, -0.2) is 14.8 Å². The number of carbonyl (C=O) groups excluding carboxylic acids is 1. The lowest BCUT2D eigenvalue weighted by molar-refractivity contribution is -0.147. The molecule has 3 aromatic rings. The number of carboxylic acids is 1. The van der Waals surface area contributed by atoms with Gasteiger partial charge < -0.3 is 14.7 Å². The van der Waals surface area contributed by atoms with Crippen molar-refractivity contribution in [1.29, 1.82) is 0 Å². The average molecular weight is 400 g/mol. The lowest BCUT2D eigenvalue weighted by atomic mass is 10.1. The monoisotopic (exact) mass is 400 g/mol. The minimum absolute atomic E-state index is 0.189. The van der Waals surface area contributed by atoms with Gasteiger partial charge in [0.2, 0.25) is 5.43 Å². The molecule has 0 spiro atoms. The van der Waals surface area contributed by atoms with Crippen LogP contribution in [0.1, 0.15) is 22.8 Å². The first kappa shape index (κ1) is 18.1. The van der Waals surface area contributed by atoms with E-state index in [0.29, 0.717) is 35.2 Å². The van der Waals surface area contributed by atoms with Crippen molar-refractivity contribution in [2.75, 3.05) is 18.0 Å². The Kier molecular flexibility index (Phi) is 4.34. The normalized spacial score (nSPS) is 14.1. The molecule has 4 heterocycles. The quantitative estimate of drug-likeness (QED) is 0.657. The summed E-state index contributed by atoms with van der Waals surface area (Å²) in [7, 11) is 0. The van der Waals surface area contributed by atoms with Crippen LogP contribution in [0.5, 0.6) is 0 Å². The molecule has 1 aliphatic heterocycles. The fraction of sp³-hybridized carbons (Fsp3) is 0.278. The summed E-state index contributed by atoms with van der Waals surface area (Å²) in [5.41, 5.74) is 0.0534. The zero-order chi connectivity index (χ0) is 20.0. The Labute approximate surface area is 162 Å². The van der Waals surface area contributed by atoms with Crippen LogP contribution >= 0.6 is 11.3 Å². The van der Waals surface area contributed by atoms with E-state index in [2.05, 4.69) is 9.97 Å². The van der Waals surface area contributed by atoms with Gasteiger partial charge >= 0.3 is 11.9 Å². The molecule has 144 valence electrons. The maximum absolute atomic E-state index is 12.7. The van der Waals surface area contributed by atoms with E-state index in [9.17, 15) is 19.5 Å². The summed E-state index contributed by atoms with van der Waals surface area (Å²) in [5, 5.41) is 11.9. The molecule has 0 aliphatic carbocycles. The summed E-state index contributed by atoms with van der Waals surface area (Å²) in [6, 6.07) is 1.74. The number of pyridine rings is 2. The number of thiazole rings is 1. The Morgan fingerprint density at radius 2 is 2.11 bits per heavy atom. The second kappa shape index (κ2) is 6.71. The summed E-state index contributed by atoms with van der Waals surface area (Å²) >= 11 is 1.31. The topological polar surface area (TPSA) is 115 Å². The number of fused-ring (bicyclic) bond motifs is 1. The molecule has 0 atom stereocenters. The number of aromatic nitrogens is 3. The number of esters is 1. The van der Waals surface area contributed by atoms with Crippen molar-refractivity contribution in [3.63, 3.8) is 0 Å². The van der Waals surface area contributed by atoms with Crippen molar-refractivity contribution in [2.45, 2.75) is 20.0 Å². The predicted octanol–water partition coefficient (Wildman–Crippen LogP) is 1.60. The number of aromatic carboxylic acids is 1. The first-order valence-electron chi connectivity index (χ1n) is 8.47. The molecule has 10 heteroatoms. The Bertz CT molecular complexity index is 1150. The van der Waals surface area contributed by atoms with Gasteiger partial charge in [-0.1, -0.05) is 0 Å². The molecular weight excluding hydrogens is 384 g/mol. The number of nitrogens with zero attached hydrogens (tertiary/aromatic N) is 4. The number of aryl methyl sites for hydroxylation is 1. The molecule has 0 aromatic carbocycles. The van der Waals surface area contributed by atoms with E-state index in [4.69, 9.17) is 4.74 Å². The maximum Gasteiger partial charge on any atom is 0.341 e. The van der Waals surface area contributed by atoms with Crippen LogP contribution in [0.4, 0.5) is 5.82 Å². The number of carbonyl (C=O) groups is 2. The van der Waals surface area contributed by atoms with Crippen LogP contribution in [-0.2, 0) is 9.53 Å². The molecule has 1 fully saturated rings. The van der Waals surface area contributed by atoms with E-state index in [0.717, 1.165) is 0 Å². The van der Waals surface area contributed by atoms with Crippen LogP contribution in [-0.4, -0.2) is 50.8 Å². The van der Waals surface area contributed by atoms with Gasteiger partial charge in [-0.15, -0.1) is 11.3 Å². The Balaban J connectivity index is 1.86. The predicted molar refractivity (Wildman–Crippen MR) is 102 cm³/mol. The molecule has 0 bridgehead atoms. The first-order chi connectivity index (χ1) is 13.3. The number of ether oxygens (including phenoxy) is 1. The first-order valence-corrected chi connectivity index (χ1v) is 9.35. The summed E-state index contributed by atoms with van der Waals surface area (Å²) in [6.45, 7) is 4.13. The van der Waals surface area contributed by atoms with Crippen molar-refractivity contribution in [3.05, 3.63) is 45.2 Å². The van der Waals surface area contributed by atoms with E-state index < -0.39 is 11.4 Å². The van der Waals surface area contributed by atoms with Crippen molar-refractivity contribution < 1.29 is 19.4 Å². The smallest absolute Gasteiger partial charge is 0.341 e. The highest BCUT2D eigenvalue weighted by Crippen LogP contribution is 2.27. The fourth-order valence-corrected chi connectivity index (χ4v) is 3.82. The number of rotatable bonds is 4. The van der Waals surface area contributed by atoms with Crippen LogP contribution in [0.25, 0.3) is 16.2 Å². The molecule has 3 aromatic heterocycles. The average Bonchev–Trinajstić information content (AvgIpc) is 3.11. The van der Waals surface area contributed by atoms with Crippen molar-refractivity contribution in [2.24, 2.45) is 0 Å². The highest BCUT2D eigenvalue weighted by atomic mass is 32.1. The third-order valence-corrected chi connectivity index (χ3v) is 5.27. The van der Waals surface area contributed by atoms with Gasteiger partial charge in [-0.05, 0) is 18.6 Å². The molecule has 0 saturated carbocycles. The molecule has 28 heavy (non-hydrogen) atoms. The highest BCUT2D eigenvalue weighted by Gasteiger charge is 2.31. The molecule has 4 rings (SSSR count). The molecule has 9 nitrogen and oxygen atoms in total. The van der Waals surface area contributed by atoms with Gasteiger partial charge in [0.05, 0.1) is 18.5 Å². The largest absolute Gasteiger partial charge is 0.477 e. The Morgan fingerprint density at radius 1 is 1.36 bits per heavy atom. The Hall–Kier alpha value is -3.27. The van der Waals surface area contributed by atoms with E-state index >= 15 is 0 Å². The zero-order valence-corrected chi connectivity index (χ0v) is 15.9. The van der Waals surface area contributed by atoms with E-state index in [-0.39, 0.29) is 23.0 Å². The van der Waals surface area contributed by atoms with Crippen LogP contribution in [0.2, 0.25) is 0 Å². The molecular formula is C18H16N4O5S. The highest BCUT2D eigenvalue weighted by molar-refractivity contribution is 7.12. The number of anilines is 1. The van der Waals surface area contributed by atoms with E-state index in [1.165, 1.54) is 29.0 Å². The molecule has 1 aliphatic rings. The van der Waals surface area contributed by atoms with Crippen LogP contribution in [0.15, 0.2) is 28.6 Å². The Morgan fingerprint density at radius 3 is 2.71 bits per heavy atom. The molecule has 1 saturated heterocycles. The standard InChI is InChI=1S/C18H16N4O5S/c1-9-5-13(21-6-11(7-21)27-10(2)23)20-16-14(9)15(24)12(17(25)26)8-22(16)18-19-3-4-28-18/h3-5,8,11H,6-7H2,1-2H3,(H,25,26). The minimum atomic E-state index is -1.30. The third kappa shape index (κ3) is 3.01. The minimum Gasteiger partial charge on any atom is -0.477 e. The second-order valence-electron chi connectivity index (χ2n) is 6.49. The second-order valence-corrected chi connectivity index (χ2v) is 7.37. The molecule has 0 unspecified atom stereocenters. The van der Waals surface area contributed by atoms with Crippen LogP contribution in [0.3, 0.4) is 0 Å². The van der Waals surface area contributed by atoms with Gasteiger partial charge in [-0.3, -0.25) is 14.2 Å². The van der Waals surface area contributed by atoms with Crippen molar-refractivity contribution in [1.82, 2.24) is 14.5 Å². The van der Waals surface area contributed by atoms with Gasteiger partial charge in [0, 0.05) is 24.7 Å². The molecule has 1 N–H and O–H groups in total. The maximum atomic E-state index is 12.7. The van der Waals surface area contributed by atoms with Crippen LogP contribution in [0, 0.1) is 6.92 Å². The van der Waals surface area contributed by atoms with E-state index in [1.807, 2.05) is 4.90 Å². The number of hydrogen-bond donors (Lipinski definition) is 1. The van der Waals surface area contributed by atoms with Crippen LogP contribution < -0.4 is 10.3 Å². The summed E-state index contributed by atoms with van der Waals surface area (Å²) in [6.07, 6.45) is 2.67. The van der Waals surface area contributed by atoms with Gasteiger partial charge in [0.15, 0.2) is 10.8 Å². The molecule has 0 amide bonds. The summed E-state index contributed by atoms with van der Waals surface area (Å²) in [5.74, 6) is -1.00. The van der Waals surface area contributed by atoms with Crippen molar-refractivity contribution >= 4 is 40.1 Å². The van der Waals surface area contributed by atoms with Gasteiger partial charge in [-0.2, -0.15) is 0 Å². The summed E-state index contributed by atoms with van der Waals surface area (Å²) < 4.78 is 6.69. The fourth-order valence-electron chi connectivity index (χ4n) is 3.21. The van der Waals surface area contributed by atoms with E-state index in [1.54, 1.807) is 24.6 Å².